The van der Waals surface area contributed by atoms with E-state index in [-0.39, 0.29) is 11.9 Å². The predicted octanol–water partition coefficient (Wildman–Crippen LogP) is 10.1. The third kappa shape index (κ3) is 18.0. The highest BCUT2D eigenvalue weighted by molar-refractivity contribution is 7.99. The van der Waals surface area contributed by atoms with Gasteiger partial charge in [0.1, 0.15) is 0 Å². The maximum absolute atomic E-state index is 12.7. The summed E-state index contributed by atoms with van der Waals surface area (Å²) in [6.45, 7) is 8.31. The molecule has 0 saturated heterocycles. The third-order valence-corrected chi connectivity index (χ3v) is 9.12. The molecule has 0 aliphatic rings. The quantitative estimate of drug-likeness (QED) is 0.0976. The van der Waals surface area contributed by atoms with Gasteiger partial charge in [0.2, 0.25) is 0 Å². The van der Waals surface area contributed by atoms with Crippen LogP contribution in [0.15, 0.2) is 0 Å². The van der Waals surface area contributed by atoms with Crippen molar-refractivity contribution < 1.29 is 23.5 Å². The fourth-order valence-electron chi connectivity index (χ4n) is 3.86. The average molecular weight is 509 g/mol. The van der Waals surface area contributed by atoms with E-state index in [4.69, 9.17) is 9.05 Å². The largest absolute Gasteiger partial charge is 0.472 e. The monoisotopic (exact) mass is 508 g/mol. The zero-order valence-electron chi connectivity index (χ0n) is 22.0. The number of hydrogen-bond donors (Lipinski definition) is 1. The third-order valence-electron chi connectivity index (χ3n) is 5.95. The molecule has 0 aromatic rings. The van der Waals surface area contributed by atoms with Crippen LogP contribution in [0.2, 0.25) is 0 Å². The molecule has 0 saturated carbocycles. The number of rotatable bonds is 25. The molecule has 3 atom stereocenters. The summed E-state index contributed by atoms with van der Waals surface area (Å²) in [4.78, 5) is 11.6. The van der Waals surface area contributed by atoms with E-state index in [9.17, 15) is 14.5 Å². The van der Waals surface area contributed by atoms with E-state index >= 15 is 0 Å². The molecule has 0 radical (unpaired) electrons. The molecule has 1 N–H and O–H groups in total. The molecule has 0 aliphatic carbocycles. The molecule has 7 heteroatoms. The molecule has 198 valence electrons. The lowest BCUT2D eigenvalue weighted by molar-refractivity contribution is 0.142. The van der Waals surface area contributed by atoms with E-state index < -0.39 is 19.4 Å². The second-order valence-electron chi connectivity index (χ2n) is 9.22. The summed E-state index contributed by atoms with van der Waals surface area (Å²) in [6, 6.07) is 0. The van der Waals surface area contributed by atoms with E-state index in [0.717, 1.165) is 18.6 Å². The van der Waals surface area contributed by atoms with Crippen LogP contribution in [0.25, 0.3) is 0 Å². The van der Waals surface area contributed by atoms with Crippen LogP contribution >= 0.6 is 19.4 Å². The van der Waals surface area contributed by atoms with Gasteiger partial charge in [0.05, 0.1) is 12.7 Å². The maximum Gasteiger partial charge on any atom is 0.438 e. The summed E-state index contributed by atoms with van der Waals surface area (Å²) >= 11 is 1.85. The van der Waals surface area contributed by atoms with E-state index in [1.165, 1.54) is 89.9 Å². The van der Waals surface area contributed by atoms with Crippen LogP contribution in [-0.4, -0.2) is 34.5 Å². The van der Waals surface area contributed by atoms with E-state index in [1.54, 1.807) is 0 Å². The minimum absolute atomic E-state index is 0.129. The fraction of sp³-hybridized carbons (Fsp3) is 0.962. The molecule has 5 nitrogen and oxygen atoms in total. The van der Waals surface area contributed by atoms with Crippen molar-refractivity contribution in [3.63, 3.8) is 0 Å². The lowest BCUT2D eigenvalue weighted by atomic mass is 10.1. The van der Waals surface area contributed by atoms with Gasteiger partial charge in [-0.15, -0.1) is 0 Å². The van der Waals surface area contributed by atoms with Gasteiger partial charge in [0.15, 0.2) is 0 Å². The van der Waals surface area contributed by atoms with Gasteiger partial charge < -0.3 is 9.63 Å². The highest BCUT2D eigenvalue weighted by atomic mass is 32.2. The van der Waals surface area contributed by atoms with Gasteiger partial charge in [0, 0.05) is 5.25 Å². The van der Waals surface area contributed by atoms with Crippen molar-refractivity contribution >= 4 is 25.1 Å². The Balaban J connectivity index is 4.44. The molecule has 0 aliphatic heterocycles. The van der Waals surface area contributed by atoms with E-state index in [0.29, 0.717) is 6.42 Å². The molecular formula is C26H53O5PS. The van der Waals surface area contributed by atoms with Gasteiger partial charge in [-0.3, -0.25) is 4.52 Å². The molecule has 0 rings (SSSR count). The number of carboxylic acid groups (broad SMARTS) is 1. The van der Waals surface area contributed by atoms with Gasteiger partial charge in [-0.25, -0.2) is 9.36 Å². The second kappa shape index (κ2) is 22.4. The first-order valence-corrected chi connectivity index (χ1v) is 16.3. The standard InChI is InChI=1S/C26H53O5PS/c1-5-8-10-12-13-14-15-16-18-20-23-33-25(21-19-17-11-9-6-2)24(4)31-32(29,26(27)28)30-22-7-3/h24-25H,5-23H2,1-4H3,(H,27,28). The first-order chi connectivity index (χ1) is 15.9. The van der Waals surface area contributed by atoms with Crippen molar-refractivity contribution in [3.8, 4) is 0 Å². The number of carbonyl (C=O) groups is 1. The zero-order valence-corrected chi connectivity index (χ0v) is 23.7. The van der Waals surface area contributed by atoms with Crippen molar-refractivity contribution in [1.82, 2.24) is 0 Å². The highest BCUT2D eigenvalue weighted by Crippen LogP contribution is 2.51. The molecule has 3 unspecified atom stereocenters. The van der Waals surface area contributed by atoms with Crippen LogP contribution < -0.4 is 0 Å². The molecule has 0 fully saturated rings. The van der Waals surface area contributed by atoms with Gasteiger partial charge in [-0.2, -0.15) is 11.8 Å². The lowest BCUT2D eigenvalue weighted by Crippen LogP contribution is -2.25. The van der Waals surface area contributed by atoms with Crippen LogP contribution in [0.1, 0.15) is 137 Å². The predicted molar refractivity (Wildman–Crippen MR) is 144 cm³/mol. The van der Waals surface area contributed by atoms with E-state index in [1.807, 2.05) is 25.6 Å². The molecule has 0 amide bonds. The van der Waals surface area contributed by atoms with Crippen molar-refractivity contribution in [1.29, 1.82) is 0 Å². The smallest absolute Gasteiger partial charge is 0.438 e. The van der Waals surface area contributed by atoms with Crippen LogP contribution in [0, 0.1) is 0 Å². The Morgan fingerprint density at radius 1 is 0.788 bits per heavy atom. The zero-order chi connectivity index (χ0) is 24.8. The SMILES string of the molecule is CCCCCCCCCCCCSC(CCCCCCC)C(C)OP(=O)(OCCC)C(=O)O. The Labute approximate surface area is 209 Å². The Morgan fingerprint density at radius 3 is 1.76 bits per heavy atom. The summed E-state index contributed by atoms with van der Waals surface area (Å²) in [5.74, 6) is 1.04. The Morgan fingerprint density at radius 2 is 1.27 bits per heavy atom. The van der Waals surface area contributed by atoms with Crippen molar-refractivity contribution in [2.45, 2.75) is 148 Å². The number of hydrogen-bond acceptors (Lipinski definition) is 5. The Bertz CT molecular complexity index is 503. The number of unbranched alkanes of at least 4 members (excludes halogenated alkanes) is 13. The Hall–Kier alpha value is -0.0300. The average Bonchev–Trinajstić information content (AvgIpc) is 2.79. The van der Waals surface area contributed by atoms with Crippen molar-refractivity contribution in [2.24, 2.45) is 0 Å². The van der Waals surface area contributed by atoms with Crippen LogP contribution in [0.3, 0.4) is 0 Å². The first-order valence-electron chi connectivity index (χ1n) is 13.7. The summed E-state index contributed by atoms with van der Waals surface area (Å²) in [7, 11) is -4.13. The summed E-state index contributed by atoms with van der Waals surface area (Å²) < 4.78 is 23.5. The molecule has 0 aromatic carbocycles. The van der Waals surface area contributed by atoms with Crippen molar-refractivity contribution in [2.75, 3.05) is 12.4 Å². The van der Waals surface area contributed by atoms with Crippen LogP contribution in [-0.2, 0) is 13.6 Å². The van der Waals surface area contributed by atoms with Crippen LogP contribution in [0.4, 0.5) is 4.79 Å². The van der Waals surface area contributed by atoms with Crippen molar-refractivity contribution in [3.05, 3.63) is 0 Å². The minimum Gasteiger partial charge on any atom is -0.472 e. The second-order valence-corrected chi connectivity index (χ2v) is 12.4. The molecular weight excluding hydrogens is 455 g/mol. The van der Waals surface area contributed by atoms with Gasteiger partial charge >= 0.3 is 13.3 Å². The van der Waals surface area contributed by atoms with Crippen LogP contribution in [0.5, 0.6) is 0 Å². The first kappa shape index (κ1) is 33.0. The lowest BCUT2D eigenvalue weighted by Gasteiger charge is -2.26. The molecule has 0 heterocycles. The normalized spacial score (nSPS) is 15.3. The fourth-order valence-corrected chi connectivity index (χ4v) is 6.54. The molecule has 0 aromatic heterocycles. The number of thioether (sulfide) groups is 1. The summed E-state index contributed by atoms with van der Waals surface area (Å²) in [5.41, 5.74) is -1.48. The van der Waals surface area contributed by atoms with Gasteiger partial charge in [-0.05, 0) is 31.9 Å². The summed E-state index contributed by atoms with van der Waals surface area (Å²) in [5, 5.41) is 9.56. The minimum atomic E-state index is -4.13. The van der Waals surface area contributed by atoms with Gasteiger partial charge in [-0.1, -0.05) is 111 Å². The Kier molecular flexibility index (Phi) is 22.4. The van der Waals surface area contributed by atoms with E-state index in [2.05, 4.69) is 13.8 Å². The highest BCUT2D eigenvalue weighted by Gasteiger charge is 2.38. The molecule has 33 heavy (non-hydrogen) atoms. The molecule has 0 bridgehead atoms. The van der Waals surface area contributed by atoms with Gasteiger partial charge in [0.25, 0.3) is 0 Å². The maximum atomic E-state index is 12.7. The molecule has 0 spiro atoms. The summed E-state index contributed by atoms with van der Waals surface area (Å²) in [6.07, 6.45) is 20.3. The topological polar surface area (TPSA) is 72.8 Å².